The Morgan fingerprint density at radius 2 is 2.17 bits per heavy atom. The number of fused-ring (bicyclic) bond motifs is 1. The number of carbonyl (C=O) groups excluding carboxylic acids is 1. The molecule has 126 valence electrons. The Hall–Kier alpha value is -2.05. The zero-order valence-corrected chi connectivity index (χ0v) is 14.8. The predicted octanol–water partition coefficient (Wildman–Crippen LogP) is 2.86. The van der Waals surface area contributed by atoms with Gasteiger partial charge in [0.25, 0.3) is 5.91 Å². The Labute approximate surface area is 148 Å². The van der Waals surface area contributed by atoms with Crippen LogP contribution in [-0.4, -0.2) is 31.3 Å². The van der Waals surface area contributed by atoms with Crippen LogP contribution in [0.3, 0.4) is 0 Å². The lowest BCUT2D eigenvalue weighted by molar-refractivity contribution is -0.00161. The first kappa shape index (κ1) is 16.8. The molecule has 24 heavy (non-hydrogen) atoms. The number of methoxy groups -OCH3 is 1. The Kier molecular flexibility index (Phi) is 4.78. The van der Waals surface area contributed by atoms with Crippen molar-refractivity contribution in [1.29, 1.82) is 0 Å². The molecule has 0 saturated carbocycles. The van der Waals surface area contributed by atoms with Gasteiger partial charge in [0, 0.05) is 16.5 Å². The molecule has 0 fully saturated rings. The number of hydrogen-bond donors (Lipinski definition) is 2. The number of amides is 1. The second-order valence-electron chi connectivity index (χ2n) is 5.65. The van der Waals surface area contributed by atoms with E-state index in [1.807, 2.05) is 24.3 Å². The van der Waals surface area contributed by atoms with E-state index in [-0.39, 0.29) is 12.5 Å². The van der Waals surface area contributed by atoms with E-state index in [0.29, 0.717) is 40.1 Å². The maximum absolute atomic E-state index is 12.5. The Balaban J connectivity index is 1.78. The van der Waals surface area contributed by atoms with Gasteiger partial charge in [0.2, 0.25) is 0 Å². The third-order valence-electron chi connectivity index (χ3n) is 4.12. The first-order valence-electron chi connectivity index (χ1n) is 7.60. The van der Waals surface area contributed by atoms with Crippen LogP contribution in [-0.2, 0) is 5.60 Å². The third kappa shape index (κ3) is 3.25. The molecule has 0 radical (unpaired) electrons. The van der Waals surface area contributed by atoms with E-state index in [9.17, 15) is 9.90 Å². The smallest absolute Gasteiger partial charge is 0.252 e. The van der Waals surface area contributed by atoms with E-state index in [2.05, 4.69) is 21.2 Å². The lowest BCUT2D eigenvalue weighted by atomic mass is 9.88. The predicted molar refractivity (Wildman–Crippen MR) is 93.5 cm³/mol. The molecule has 1 aliphatic rings. The summed E-state index contributed by atoms with van der Waals surface area (Å²) in [6.07, 6.45) is 0.420. The van der Waals surface area contributed by atoms with Crippen LogP contribution in [0.4, 0.5) is 0 Å². The average molecular weight is 392 g/mol. The lowest BCUT2D eigenvalue weighted by Gasteiger charge is -2.34. The van der Waals surface area contributed by atoms with Crippen molar-refractivity contribution in [3.63, 3.8) is 0 Å². The molecule has 2 aromatic carbocycles. The monoisotopic (exact) mass is 391 g/mol. The lowest BCUT2D eigenvalue weighted by Crippen LogP contribution is -2.44. The fraction of sp³-hybridized carbons (Fsp3) is 0.278. The molecular weight excluding hydrogens is 374 g/mol. The highest BCUT2D eigenvalue weighted by molar-refractivity contribution is 9.10. The minimum absolute atomic E-state index is 0.107. The van der Waals surface area contributed by atoms with Crippen molar-refractivity contribution in [3.05, 3.63) is 58.1 Å². The molecule has 1 unspecified atom stereocenters. The van der Waals surface area contributed by atoms with Gasteiger partial charge in [-0.15, -0.1) is 0 Å². The summed E-state index contributed by atoms with van der Waals surface area (Å²) < 4.78 is 11.4. The van der Waals surface area contributed by atoms with E-state index in [0.717, 1.165) is 0 Å². The number of hydrogen-bond acceptors (Lipinski definition) is 4. The normalized spacial score (nSPS) is 19.1. The number of nitrogens with one attached hydrogen (secondary N) is 1. The molecule has 0 spiro atoms. The van der Waals surface area contributed by atoms with Gasteiger partial charge >= 0.3 is 0 Å². The first-order chi connectivity index (χ1) is 11.5. The maximum Gasteiger partial charge on any atom is 0.252 e. The van der Waals surface area contributed by atoms with Crippen molar-refractivity contribution in [2.45, 2.75) is 12.0 Å². The van der Waals surface area contributed by atoms with Gasteiger partial charge in [-0.05, 0) is 40.2 Å². The van der Waals surface area contributed by atoms with Crippen LogP contribution in [0.25, 0.3) is 0 Å². The van der Waals surface area contributed by atoms with Crippen LogP contribution >= 0.6 is 15.9 Å². The fourth-order valence-corrected chi connectivity index (χ4v) is 3.18. The molecule has 1 heterocycles. The molecule has 0 bridgehead atoms. The second kappa shape index (κ2) is 6.83. The van der Waals surface area contributed by atoms with E-state index >= 15 is 0 Å². The van der Waals surface area contributed by atoms with Crippen LogP contribution in [0.5, 0.6) is 11.5 Å². The van der Waals surface area contributed by atoms with E-state index < -0.39 is 5.60 Å². The summed E-state index contributed by atoms with van der Waals surface area (Å²) in [4.78, 5) is 12.5. The summed E-state index contributed by atoms with van der Waals surface area (Å²) in [5, 5.41) is 13.8. The van der Waals surface area contributed by atoms with Crippen molar-refractivity contribution in [3.8, 4) is 11.5 Å². The maximum atomic E-state index is 12.5. The highest BCUT2D eigenvalue weighted by Gasteiger charge is 2.36. The Morgan fingerprint density at radius 3 is 2.96 bits per heavy atom. The Morgan fingerprint density at radius 1 is 1.38 bits per heavy atom. The van der Waals surface area contributed by atoms with Crippen LogP contribution < -0.4 is 14.8 Å². The van der Waals surface area contributed by atoms with Gasteiger partial charge in [0.15, 0.2) is 0 Å². The fourth-order valence-electron chi connectivity index (χ4n) is 2.75. The zero-order valence-electron chi connectivity index (χ0n) is 13.2. The quantitative estimate of drug-likeness (QED) is 0.840. The summed E-state index contributed by atoms with van der Waals surface area (Å²) in [5.74, 6) is 0.972. The number of para-hydroxylation sites is 1. The van der Waals surface area contributed by atoms with Crippen molar-refractivity contribution in [1.82, 2.24) is 5.32 Å². The van der Waals surface area contributed by atoms with Crippen LogP contribution in [0.1, 0.15) is 22.3 Å². The highest BCUT2D eigenvalue weighted by Crippen LogP contribution is 2.36. The van der Waals surface area contributed by atoms with Crippen LogP contribution in [0, 0.1) is 0 Å². The molecule has 5 nitrogen and oxygen atoms in total. The van der Waals surface area contributed by atoms with Gasteiger partial charge in [0.1, 0.15) is 17.1 Å². The van der Waals surface area contributed by atoms with Gasteiger partial charge < -0.3 is 19.9 Å². The summed E-state index contributed by atoms with van der Waals surface area (Å²) in [5.41, 5.74) is 0.00935. The summed E-state index contributed by atoms with van der Waals surface area (Å²) in [7, 11) is 1.55. The summed E-state index contributed by atoms with van der Waals surface area (Å²) in [6.45, 7) is 0.516. The van der Waals surface area contributed by atoms with Gasteiger partial charge in [-0.2, -0.15) is 0 Å². The molecule has 0 aliphatic carbocycles. The largest absolute Gasteiger partial charge is 0.497 e. The highest BCUT2D eigenvalue weighted by atomic mass is 79.9. The van der Waals surface area contributed by atoms with Crippen LogP contribution in [0.15, 0.2) is 46.9 Å². The zero-order chi connectivity index (χ0) is 17.2. The molecule has 2 aromatic rings. The first-order valence-corrected chi connectivity index (χ1v) is 8.39. The standard InChI is InChI=1S/C18H18BrNO4/c1-23-12-6-7-15(19)13(10-12)17(21)20-11-18(22)8-9-24-16-5-3-2-4-14(16)18/h2-7,10,22H,8-9,11H2,1H3,(H,20,21). The Bertz CT molecular complexity index is 764. The third-order valence-corrected chi connectivity index (χ3v) is 4.81. The minimum atomic E-state index is -1.14. The number of rotatable bonds is 4. The number of aliphatic hydroxyl groups is 1. The molecule has 1 amide bonds. The van der Waals surface area contributed by atoms with Gasteiger partial charge in [-0.25, -0.2) is 0 Å². The van der Waals surface area contributed by atoms with Crippen molar-refractivity contribution in [2.75, 3.05) is 20.3 Å². The number of benzene rings is 2. The second-order valence-corrected chi connectivity index (χ2v) is 6.51. The number of ether oxygens (including phenoxy) is 2. The van der Waals surface area contributed by atoms with Crippen molar-refractivity contribution < 1.29 is 19.4 Å². The SMILES string of the molecule is COc1ccc(Br)c(C(=O)NCC2(O)CCOc3ccccc32)c1. The minimum Gasteiger partial charge on any atom is -0.497 e. The molecule has 0 saturated heterocycles. The van der Waals surface area contributed by atoms with Crippen LogP contribution in [0.2, 0.25) is 0 Å². The molecule has 3 rings (SSSR count). The van der Waals surface area contributed by atoms with Crippen molar-refractivity contribution >= 4 is 21.8 Å². The summed E-state index contributed by atoms with van der Waals surface area (Å²) >= 11 is 3.37. The molecule has 1 atom stereocenters. The number of carbonyl (C=O) groups is 1. The average Bonchev–Trinajstić information content (AvgIpc) is 2.61. The van der Waals surface area contributed by atoms with Crippen molar-refractivity contribution in [2.24, 2.45) is 0 Å². The molecule has 1 aliphatic heterocycles. The van der Waals surface area contributed by atoms with Gasteiger partial charge in [0.05, 0.1) is 25.8 Å². The van der Waals surface area contributed by atoms with E-state index in [4.69, 9.17) is 9.47 Å². The molecule has 0 aromatic heterocycles. The van der Waals surface area contributed by atoms with Gasteiger partial charge in [-0.1, -0.05) is 18.2 Å². The topological polar surface area (TPSA) is 67.8 Å². The molecule has 6 heteroatoms. The van der Waals surface area contributed by atoms with E-state index in [1.54, 1.807) is 25.3 Å². The molecular formula is C18H18BrNO4. The van der Waals surface area contributed by atoms with Gasteiger partial charge in [-0.3, -0.25) is 4.79 Å². The summed E-state index contributed by atoms with van der Waals surface area (Å²) in [6, 6.07) is 12.5. The molecule has 2 N–H and O–H groups in total. The van der Waals surface area contributed by atoms with E-state index in [1.165, 1.54) is 0 Å². The number of halogens is 1.